The van der Waals surface area contributed by atoms with Crippen LogP contribution in [0.2, 0.25) is 0 Å². The summed E-state index contributed by atoms with van der Waals surface area (Å²) >= 11 is 0. The van der Waals surface area contributed by atoms with Crippen molar-refractivity contribution >= 4 is 23.6 Å². The van der Waals surface area contributed by atoms with Crippen LogP contribution in [0.4, 0.5) is 15.8 Å². The lowest BCUT2D eigenvalue weighted by molar-refractivity contribution is -0.118. The maximum Gasteiger partial charge on any atom is 0.235 e. The van der Waals surface area contributed by atoms with Crippen LogP contribution in [0.15, 0.2) is 91.3 Å². The van der Waals surface area contributed by atoms with Crippen LogP contribution in [-0.4, -0.2) is 12.2 Å². The van der Waals surface area contributed by atoms with Crippen molar-refractivity contribution in [3.63, 3.8) is 0 Å². The molecule has 1 saturated carbocycles. The fourth-order valence-corrected chi connectivity index (χ4v) is 5.69. The molecule has 0 saturated heterocycles. The molecule has 1 amide bonds. The van der Waals surface area contributed by atoms with Crippen LogP contribution in [0, 0.1) is 12.7 Å². The van der Waals surface area contributed by atoms with E-state index in [1.807, 2.05) is 79.7 Å². The van der Waals surface area contributed by atoms with Crippen LogP contribution in [-0.2, 0) is 10.2 Å². The number of aldehydes is 1. The molecule has 1 heterocycles. The second-order valence-corrected chi connectivity index (χ2v) is 10.2. The highest BCUT2D eigenvalue weighted by Gasteiger charge is 2.65. The van der Waals surface area contributed by atoms with Gasteiger partial charge in [-0.15, -0.1) is 0 Å². The Hall–Kier alpha value is -4.75. The number of anilines is 2. The lowest BCUT2D eigenvalue weighted by atomic mass is 9.88. The van der Waals surface area contributed by atoms with Crippen molar-refractivity contribution in [3.05, 3.63) is 119 Å². The summed E-state index contributed by atoms with van der Waals surface area (Å²) in [5, 5.41) is 4.32. The highest BCUT2D eigenvalue weighted by molar-refractivity contribution is 6.10. The molecule has 1 aliphatic heterocycles. The number of hydrogen-bond donors (Lipinski definition) is 3. The Bertz CT molecular complexity index is 1650. The average molecular weight is 519 g/mol. The Morgan fingerprint density at radius 3 is 2.31 bits per heavy atom. The Morgan fingerprint density at radius 1 is 0.974 bits per heavy atom. The highest BCUT2D eigenvalue weighted by atomic mass is 19.1. The van der Waals surface area contributed by atoms with Gasteiger partial charge in [0.1, 0.15) is 12.1 Å². The molecule has 0 bridgehead atoms. The van der Waals surface area contributed by atoms with Gasteiger partial charge in [-0.2, -0.15) is 0 Å². The van der Waals surface area contributed by atoms with Gasteiger partial charge >= 0.3 is 0 Å². The van der Waals surface area contributed by atoms with E-state index in [9.17, 15) is 9.59 Å². The number of nitrogens with two attached hydrogens (primary N) is 2. The maximum absolute atomic E-state index is 15.3. The van der Waals surface area contributed by atoms with Gasteiger partial charge in [-0.3, -0.25) is 14.6 Å². The Balaban J connectivity index is 1.31. The number of carbonyl (C=O) groups is 2. The van der Waals surface area contributed by atoms with Crippen molar-refractivity contribution in [3.8, 4) is 22.3 Å². The third-order valence-electron chi connectivity index (χ3n) is 7.98. The summed E-state index contributed by atoms with van der Waals surface area (Å²) in [5.41, 5.74) is 12.4. The number of rotatable bonds is 6. The molecule has 0 radical (unpaired) electrons. The third-order valence-corrected chi connectivity index (χ3v) is 7.98. The number of halogens is 1. The Morgan fingerprint density at radius 2 is 1.64 bits per heavy atom. The van der Waals surface area contributed by atoms with E-state index in [1.165, 1.54) is 17.3 Å². The number of benzene rings is 4. The Kier molecular flexibility index (Phi) is 5.81. The van der Waals surface area contributed by atoms with E-state index in [4.69, 9.17) is 11.6 Å². The molecule has 5 N–H and O–H groups in total. The molecule has 194 valence electrons. The minimum absolute atomic E-state index is 0.0634. The minimum atomic E-state index is -0.745. The molecule has 1 fully saturated rings. The van der Waals surface area contributed by atoms with Crippen molar-refractivity contribution in [2.75, 3.05) is 10.3 Å². The van der Waals surface area contributed by atoms with Gasteiger partial charge in [0.2, 0.25) is 5.91 Å². The van der Waals surface area contributed by atoms with E-state index in [-0.39, 0.29) is 11.8 Å². The summed E-state index contributed by atoms with van der Waals surface area (Å²) in [7, 11) is 0. The van der Waals surface area contributed by atoms with Crippen molar-refractivity contribution in [1.82, 2.24) is 0 Å². The number of carbonyl (C=O) groups excluding carboxylic acids is 2. The summed E-state index contributed by atoms with van der Waals surface area (Å²) < 4.78 is 15.3. The number of fused-ring (bicyclic) bond motifs is 2. The van der Waals surface area contributed by atoms with Crippen LogP contribution in [0.5, 0.6) is 0 Å². The zero-order chi connectivity index (χ0) is 27.3. The number of hydrogen-bond acceptors (Lipinski definition) is 5. The number of amides is 1. The summed E-state index contributed by atoms with van der Waals surface area (Å²) in [6.07, 6.45) is 4.39. The number of nitrogens with zero attached hydrogens (tertiary/aromatic N) is 1. The molecule has 7 heteroatoms. The molecule has 39 heavy (non-hydrogen) atoms. The zero-order valence-electron chi connectivity index (χ0n) is 21.3. The third kappa shape index (κ3) is 3.99. The van der Waals surface area contributed by atoms with Gasteiger partial charge in [0.05, 0.1) is 11.1 Å². The molecule has 0 aromatic heterocycles. The van der Waals surface area contributed by atoms with Crippen molar-refractivity contribution in [2.24, 2.45) is 11.6 Å². The number of hydrazine groups is 1. The first kappa shape index (κ1) is 24.6. The van der Waals surface area contributed by atoms with Crippen LogP contribution in [0.3, 0.4) is 0 Å². The van der Waals surface area contributed by atoms with E-state index < -0.39 is 11.2 Å². The van der Waals surface area contributed by atoms with Crippen LogP contribution in [0.25, 0.3) is 22.3 Å². The second-order valence-electron chi connectivity index (χ2n) is 10.2. The van der Waals surface area contributed by atoms with Gasteiger partial charge in [0.15, 0.2) is 0 Å². The molecule has 2 unspecified atom stereocenters. The van der Waals surface area contributed by atoms with Gasteiger partial charge in [-0.1, -0.05) is 48.5 Å². The summed E-state index contributed by atoms with van der Waals surface area (Å²) in [5.74, 6) is 5.34. The van der Waals surface area contributed by atoms with Crippen LogP contribution < -0.4 is 21.9 Å². The van der Waals surface area contributed by atoms with Crippen LogP contribution >= 0.6 is 0 Å². The van der Waals surface area contributed by atoms with E-state index in [0.29, 0.717) is 23.2 Å². The molecular formula is C32H27FN4O2. The molecule has 4 aromatic rings. The van der Waals surface area contributed by atoms with E-state index >= 15 is 4.39 Å². The number of aryl methyl sites for hydroxylation is 1. The standard InChI is InChI=1S/C32H27FN4O2/c1-19-2-3-23(14-24(19)18-38)28-17-32(28)27-15-26(29(33)16-30(27)36-31(32)39)22-6-4-20(5-7-22)21-8-10-25(11-9-21)37(35)13-12-34/h2-16,18,28H,17,34-35H2,1H3,(H,36,39)/b13-12-. The molecule has 1 spiro atoms. The first-order chi connectivity index (χ1) is 18.8. The van der Waals surface area contributed by atoms with Gasteiger partial charge < -0.3 is 11.1 Å². The van der Waals surface area contributed by atoms with Crippen molar-refractivity contribution in [2.45, 2.75) is 24.7 Å². The predicted molar refractivity (Wildman–Crippen MR) is 151 cm³/mol. The summed E-state index contributed by atoms with van der Waals surface area (Å²) in [6.45, 7) is 1.89. The highest BCUT2D eigenvalue weighted by Crippen LogP contribution is 2.65. The first-order valence-electron chi connectivity index (χ1n) is 12.7. The lowest BCUT2D eigenvalue weighted by Crippen LogP contribution is -2.24. The molecule has 6 nitrogen and oxygen atoms in total. The molecule has 6 rings (SSSR count). The van der Waals surface area contributed by atoms with E-state index in [2.05, 4.69) is 5.32 Å². The first-order valence-corrected chi connectivity index (χ1v) is 12.7. The number of nitrogens with one attached hydrogen (secondary N) is 1. The van der Waals surface area contributed by atoms with Gasteiger partial charge in [-0.25, -0.2) is 10.2 Å². The molecule has 4 aromatic carbocycles. The topological polar surface area (TPSA) is 101 Å². The Labute approximate surface area is 225 Å². The smallest absolute Gasteiger partial charge is 0.235 e. The summed E-state index contributed by atoms with van der Waals surface area (Å²) in [4.78, 5) is 24.6. The van der Waals surface area contributed by atoms with Gasteiger partial charge in [0, 0.05) is 35.1 Å². The molecule has 2 atom stereocenters. The van der Waals surface area contributed by atoms with Crippen LogP contribution in [0.1, 0.15) is 39.4 Å². The van der Waals surface area contributed by atoms with E-state index in [0.717, 1.165) is 45.4 Å². The minimum Gasteiger partial charge on any atom is -0.403 e. The molecule has 1 aliphatic carbocycles. The quantitative estimate of drug-likeness (QED) is 0.171. The largest absolute Gasteiger partial charge is 0.403 e. The van der Waals surface area contributed by atoms with Crippen molar-refractivity contribution in [1.29, 1.82) is 0 Å². The fraction of sp³-hybridized carbons (Fsp3) is 0.125. The normalized spacial score (nSPS) is 19.3. The van der Waals surface area contributed by atoms with Gasteiger partial charge in [-0.05, 0) is 77.1 Å². The van der Waals surface area contributed by atoms with E-state index in [1.54, 1.807) is 6.20 Å². The zero-order valence-corrected chi connectivity index (χ0v) is 21.3. The summed E-state index contributed by atoms with van der Waals surface area (Å²) in [6, 6.07) is 24.3. The predicted octanol–water partition coefficient (Wildman–Crippen LogP) is 5.77. The average Bonchev–Trinajstić information content (AvgIpc) is 3.64. The fourth-order valence-electron chi connectivity index (χ4n) is 5.69. The lowest BCUT2D eigenvalue weighted by Gasteiger charge is -2.14. The monoisotopic (exact) mass is 518 g/mol. The van der Waals surface area contributed by atoms with Gasteiger partial charge in [0.25, 0.3) is 0 Å². The molecule has 2 aliphatic rings. The molecular weight excluding hydrogens is 491 g/mol. The second kappa shape index (κ2) is 9.22. The van der Waals surface area contributed by atoms with Crippen molar-refractivity contribution < 1.29 is 14.0 Å². The SMILES string of the molecule is Cc1ccc(C2CC23C(=O)Nc2cc(F)c(-c4ccc(-c5ccc(N(N)/C=C\N)cc5)cc4)cc23)cc1C=O. The maximum atomic E-state index is 15.3.